The molecule has 4 rings (SSSR count). The highest BCUT2D eigenvalue weighted by atomic mass is 16.6. The molecule has 1 fully saturated rings. The molecule has 0 aliphatic carbocycles. The van der Waals surface area contributed by atoms with Crippen molar-refractivity contribution in [2.45, 2.75) is 40.2 Å². The van der Waals surface area contributed by atoms with Gasteiger partial charge in [0.1, 0.15) is 23.9 Å². The third-order valence-electron chi connectivity index (χ3n) is 6.70. The Kier molecular flexibility index (Phi) is 11.1. The van der Waals surface area contributed by atoms with Gasteiger partial charge in [0.25, 0.3) is 0 Å². The lowest BCUT2D eigenvalue weighted by Crippen LogP contribution is -2.38. The number of benzene rings is 1. The van der Waals surface area contributed by atoms with Crippen LogP contribution in [0.4, 0.5) is 22.2 Å². The molecule has 0 unspecified atom stereocenters. The molecule has 2 aromatic rings. The number of hydrogen-bond acceptors (Lipinski definition) is 9. The van der Waals surface area contributed by atoms with Crippen LogP contribution in [0.3, 0.4) is 0 Å². The number of nitrogens with zero attached hydrogens (tertiary/aromatic N) is 4. The molecule has 1 N–H and O–H groups in total. The zero-order valence-corrected chi connectivity index (χ0v) is 24.1. The Morgan fingerprint density at radius 3 is 2.73 bits per heavy atom. The number of allylic oxidation sites excluding steroid dienone is 3. The molecule has 3 heterocycles. The summed E-state index contributed by atoms with van der Waals surface area (Å²) in [6.45, 7) is 11.7. The predicted molar refractivity (Wildman–Crippen MR) is 158 cm³/mol. The van der Waals surface area contributed by atoms with Crippen molar-refractivity contribution in [3.63, 3.8) is 0 Å². The van der Waals surface area contributed by atoms with Crippen molar-refractivity contribution in [3.05, 3.63) is 59.0 Å². The molecule has 2 aliphatic heterocycles. The quantitative estimate of drug-likeness (QED) is 0.295. The minimum atomic E-state index is -0.537. The van der Waals surface area contributed by atoms with Crippen molar-refractivity contribution in [2.24, 2.45) is 0 Å². The standard InChI is InChI=1S/C31H39N5O5/c1-5-8-24(4)29(23(2)3)41-31(37)36-13-6-7-17-39-22-25-21-26(33-30-32-12-11-28(36)34-30)9-10-27(25)40-20-16-35-14-18-38-19-15-35/h1,8-12,21H,6-7,13-20,22H2,2-4H3,(H,32,33,34)/b24-8-. The second kappa shape index (κ2) is 15.2. The summed E-state index contributed by atoms with van der Waals surface area (Å²) < 4.78 is 23.4. The molecular weight excluding hydrogens is 522 g/mol. The Morgan fingerprint density at radius 1 is 1.12 bits per heavy atom. The largest absolute Gasteiger partial charge is 0.492 e. The highest BCUT2D eigenvalue weighted by Gasteiger charge is 2.22. The van der Waals surface area contributed by atoms with E-state index >= 15 is 0 Å². The molecule has 4 bridgehead atoms. The van der Waals surface area contributed by atoms with Crippen LogP contribution < -0.4 is 15.0 Å². The summed E-state index contributed by atoms with van der Waals surface area (Å²) in [7, 11) is 0. The number of morpholine rings is 1. The number of rotatable bonds is 6. The SMILES string of the molecule is C#C/C=C(/C)C(OC(=O)N1CCCCOCc2cc(ccc2OCCN2CCOCC2)Nc2nccc1n2)=C(C)C. The first kappa shape index (κ1) is 30.1. The number of carbonyl (C=O) groups is 1. The predicted octanol–water partition coefficient (Wildman–Crippen LogP) is 5.06. The van der Waals surface area contributed by atoms with E-state index in [2.05, 4.69) is 26.1 Å². The Hall–Kier alpha value is -3.91. The number of aromatic nitrogens is 2. The van der Waals surface area contributed by atoms with Crippen molar-refractivity contribution in [1.29, 1.82) is 0 Å². The summed E-state index contributed by atoms with van der Waals surface area (Å²) in [6.07, 6.45) is 9.54. The lowest BCUT2D eigenvalue weighted by Gasteiger charge is -2.26. The molecule has 1 amide bonds. The van der Waals surface area contributed by atoms with Gasteiger partial charge in [-0.1, -0.05) is 5.92 Å². The summed E-state index contributed by atoms with van der Waals surface area (Å²) in [5.74, 6) is 4.52. The number of ether oxygens (including phenoxy) is 4. The van der Waals surface area contributed by atoms with Crippen LogP contribution in [0, 0.1) is 12.3 Å². The van der Waals surface area contributed by atoms with Crippen LogP contribution in [0.15, 0.2) is 53.4 Å². The number of amides is 1. The molecule has 41 heavy (non-hydrogen) atoms. The van der Waals surface area contributed by atoms with Crippen molar-refractivity contribution in [3.8, 4) is 18.1 Å². The Morgan fingerprint density at radius 2 is 1.95 bits per heavy atom. The minimum Gasteiger partial charge on any atom is -0.492 e. The zero-order chi connectivity index (χ0) is 29.0. The second-order valence-electron chi connectivity index (χ2n) is 10.1. The number of hydrogen-bond donors (Lipinski definition) is 1. The van der Waals surface area contributed by atoms with Gasteiger partial charge in [0.15, 0.2) is 0 Å². The van der Waals surface area contributed by atoms with Gasteiger partial charge >= 0.3 is 6.09 Å². The number of nitrogens with one attached hydrogen (secondary N) is 1. The molecule has 10 heteroatoms. The monoisotopic (exact) mass is 561 g/mol. The molecule has 1 saturated heterocycles. The molecule has 0 radical (unpaired) electrons. The summed E-state index contributed by atoms with van der Waals surface area (Å²) in [5.41, 5.74) is 3.27. The van der Waals surface area contributed by atoms with E-state index in [-0.39, 0.29) is 0 Å². The maximum Gasteiger partial charge on any atom is 0.420 e. The molecule has 10 nitrogen and oxygen atoms in total. The molecule has 218 valence electrons. The van der Waals surface area contributed by atoms with E-state index in [0.29, 0.717) is 55.9 Å². The highest BCUT2D eigenvalue weighted by Crippen LogP contribution is 2.27. The fraction of sp³-hybridized carbons (Fsp3) is 0.452. The lowest BCUT2D eigenvalue weighted by atomic mass is 10.1. The van der Waals surface area contributed by atoms with E-state index in [9.17, 15) is 4.79 Å². The van der Waals surface area contributed by atoms with Gasteiger partial charge in [0.2, 0.25) is 5.95 Å². The smallest absolute Gasteiger partial charge is 0.420 e. The third-order valence-corrected chi connectivity index (χ3v) is 6.70. The van der Waals surface area contributed by atoms with E-state index < -0.39 is 6.09 Å². The molecule has 2 aliphatic rings. The van der Waals surface area contributed by atoms with Crippen LogP contribution in [-0.4, -0.2) is 73.6 Å². The maximum absolute atomic E-state index is 13.4. The average Bonchev–Trinajstić information content (AvgIpc) is 2.96. The summed E-state index contributed by atoms with van der Waals surface area (Å²) >= 11 is 0. The van der Waals surface area contributed by atoms with Gasteiger partial charge < -0.3 is 24.3 Å². The van der Waals surface area contributed by atoms with Crippen LogP contribution in [0.5, 0.6) is 5.75 Å². The number of terminal acetylenes is 1. The van der Waals surface area contributed by atoms with Gasteiger partial charge in [-0.25, -0.2) is 9.78 Å². The summed E-state index contributed by atoms with van der Waals surface area (Å²) in [5, 5.41) is 3.25. The summed E-state index contributed by atoms with van der Waals surface area (Å²) in [4.78, 5) is 26.3. The van der Waals surface area contributed by atoms with Gasteiger partial charge in [0.05, 0.1) is 19.8 Å². The fourth-order valence-corrected chi connectivity index (χ4v) is 4.57. The van der Waals surface area contributed by atoms with Crippen LogP contribution in [0.2, 0.25) is 0 Å². The van der Waals surface area contributed by atoms with Gasteiger partial charge in [-0.3, -0.25) is 9.80 Å². The molecule has 0 saturated carbocycles. The highest BCUT2D eigenvalue weighted by molar-refractivity contribution is 5.87. The maximum atomic E-state index is 13.4. The Labute approximate surface area is 242 Å². The van der Waals surface area contributed by atoms with Crippen molar-refractivity contribution in [1.82, 2.24) is 14.9 Å². The van der Waals surface area contributed by atoms with E-state index in [1.165, 1.54) is 4.90 Å². The number of carbonyl (C=O) groups excluding carboxylic acids is 1. The molecular formula is C31H39N5O5. The van der Waals surface area contributed by atoms with Crippen LogP contribution in [0.1, 0.15) is 39.2 Å². The van der Waals surface area contributed by atoms with E-state index in [1.807, 2.05) is 39.0 Å². The van der Waals surface area contributed by atoms with E-state index in [0.717, 1.165) is 61.8 Å². The first-order chi connectivity index (χ1) is 19.9. The fourth-order valence-electron chi connectivity index (χ4n) is 4.57. The van der Waals surface area contributed by atoms with Crippen LogP contribution in [0.25, 0.3) is 0 Å². The van der Waals surface area contributed by atoms with Gasteiger partial charge in [-0.05, 0) is 69.5 Å². The molecule has 0 spiro atoms. The average molecular weight is 562 g/mol. The number of fused-ring (bicyclic) bond motifs is 4. The van der Waals surface area contributed by atoms with Crippen molar-refractivity contribution >= 4 is 23.5 Å². The first-order valence-electron chi connectivity index (χ1n) is 14.0. The van der Waals surface area contributed by atoms with Crippen LogP contribution >= 0.6 is 0 Å². The zero-order valence-electron chi connectivity index (χ0n) is 24.1. The van der Waals surface area contributed by atoms with E-state index in [4.69, 9.17) is 25.4 Å². The minimum absolute atomic E-state index is 0.357. The van der Waals surface area contributed by atoms with Gasteiger partial charge in [0, 0.05) is 55.8 Å². The molecule has 1 aromatic carbocycles. The number of anilines is 3. The Balaban J connectivity index is 1.51. The van der Waals surface area contributed by atoms with Crippen molar-refractivity contribution in [2.75, 3.05) is 62.8 Å². The lowest BCUT2D eigenvalue weighted by molar-refractivity contribution is 0.0320. The molecule has 1 aromatic heterocycles. The van der Waals surface area contributed by atoms with E-state index in [1.54, 1.807) is 18.3 Å². The van der Waals surface area contributed by atoms with Gasteiger partial charge in [-0.2, -0.15) is 4.98 Å². The third kappa shape index (κ3) is 8.79. The second-order valence-corrected chi connectivity index (χ2v) is 10.1. The van der Waals surface area contributed by atoms with Gasteiger partial charge in [-0.15, -0.1) is 6.42 Å². The Bertz CT molecular complexity index is 1290. The molecule has 0 atom stereocenters. The topological polar surface area (TPSA) is 98.3 Å². The summed E-state index contributed by atoms with van der Waals surface area (Å²) in [6, 6.07) is 7.54. The first-order valence-corrected chi connectivity index (χ1v) is 14.0. The van der Waals surface area contributed by atoms with Crippen molar-refractivity contribution < 1.29 is 23.7 Å². The normalized spacial score (nSPS) is 16.5. The van der Waals surface area contributed by atoms with Crippen LogP contribution in [-0.2, 0) is 20.8 Å².